The van der Waals surface area contributed by atoms with Crippen molar-refractivity contribution >= 4 is 29.0 Å². The molecule has 3 rings (SSSR count). The number of carbonyl (C=O) groups excluding carboxylic acids is 2. The Morgan fingerprint density at radius 1 is 1.12 bits per heavy atom. The van der Waals surface area contributed by atoms with Crippen LogP contribution in [0.4, 0.5) is 17.2 Å². The minimum atomic E-state index is -0.128. The van der Waals surface area contributed by atoms with Gasteiger partial charge < -0.3 is 15.5 Å². The Balaban J connectivity index is 1.64. The third kappa shape index (κ3) is 4.56. The Morgan fingerprint density at radius 2 is 1.85 bits per heavy atom. The van der Waals surface area contributed by atoms with Crippen molar-refractivity contribution in [3.63, 3.8) is 0 Å². The van der Waals surface area contributed by atoms with Crippen LogP contribution in [-0.2, 0) is 4.79 Å². The second-order valence-electron chi connectivity index (χ2n) is 6.65. The summed E-state index contributed by atoms with van der Waals surface area (Å²) in [6, 6.07) is 7.30. The molecular formula is C19H23N5O2. The molecule has 2 amide bonds. The number of amides is 2. The Labute approximate surface area is 152 Å². The summed E-state index contributed by atoms with van der Waals surface area (Å²) >= 11 is 0. The van der Waals surface area contributed by atoms with E-state index in [1.807, 2.05) is 17.0 Å². The number of anilines is 3. The van der Waals surface area contributed by atoms with E-state index in [0.29, 0.717) is 23.1 Å². The first kappa shape index (κ1) is 17.8. The Morgan fingerprint density at radius 3 is 2.50 bits per heavy atom. The van der Waals surface area contributed by atoms with Gasteiger partial charge in [0, 0.05) is 31.4 Å². The predicted octanol–water partition coefficient (Wildman–Crippen LogP) is 3.05. The van der Waals surface area contributed by atoms with E-state index in [1.54, 1.807) is 18.3 Å². The summed E-state index contributed by atoms with van der Waals surface area (Å²) in [6.07, 6.45) is 5.11. The highest BCUT2D eigenvalue weighted by molar-refractivity contribution is 5.92. The third-order valence-corrected chi connectivity index (χ3v) is 4.40. The van der Waals surface area contributed by atoms with E-state index in [9.17, 15) is 9.59 Å². The summed E-state index contributed by atoms with van der Waals surface area (Å²) in [5.41, 5.74) is 1.83. The lowest BCUT2D eigenvalue weighted by Gasteiger charge is -2.29. The molecular weight excluding hydrogens is 330 g/mol. The minimum absolute atomic E-state index is 0.0661. The van der Waals surface area contributed by atoms with E-state index in [1.165, 1.54) is 13.1 Å². The lowest BCUT2D eigenvalue weighted by atomic mass is 9.99. The van der Waals surface area contributed by atoms with Crippen LogP contribution in [0.5, 0.6) is 0 Å². The van der Waals surface area contributed by atoms with Gasteiger partial charge in [-0.05, 0) is 37.0 Å². The largest absolute Gasteiger partial charge is 0.339 e. The monoisotopic (exact) mass is 353 g/mol. The molecule has 7 heteroatoms. The number of aromatic nitrogens is 2. The number of nitrogens with one attached hydrogen (secondary N) is 2. The van der Waals surface area contributed by atoms with Gasteiger partial charge in [0.1, 0.15) is 11.5 Å². The van der Waals surface area contributed by atoms with Gasteiger partial charge in [0.15, 0.2) is 0 Å². The first-order valence-electron chi connectivity index (χ1n) is 8.77. The van der Waals surface area contributed by atoms with Gasteiger partial charge in [0.2, 0.25) is 5.91 Å². The van der Waals surface area contributed by atoms with Crippen molar-refractivity contribution in [2.24, 2.45) is 5.92 Å². The maximum Gasteiger partial charge on any atom is 0.274 e. The molecule has 1 aliphatic heterocycles. The van der Waals surface area contributed by atoms with E-state index in [2.05, 4.69) is 27.5 Å². The van der Waals surface area contributed by atoms with Gasteiger partial charge in [-0.25, -0.2) is 9.97 Å². The number of hydrogen-bond acceptors (Lipinski definition) is 5. The summed E-state index contributed by atoms with van der Waals surface area (Å²) in [5, 5.41) is 5.85. The van der Waals surface area contributed by atoms with Gasteiger partial charge in [-0.1, -0.05) is 13.0 Å². The van der Waals surface area contributed by atoms with Gasteiger partial charge in [-0.3, -0.25) is 9.59 Å². The molecule has 7 nitrogen and oxygen atoms in total. The van der Waals surface area contributed by atoms with Crippen molar-refractivity contribution in [2.75, 3.05) is 23.7 Å². The molecule has 0 atom stereocenters. The van der Waals surface area contributed by atoms with Gasteiger partial charge in [0.05, 0.1) is 12.4 Å². The van der Waals surface area contributed by atoms with Crippen LogP contribution in [-0.4, -0.2) is 39.8 Å². The average Bonchev–Trinajstić information content (AvgIpc) is 2.62. The van der Waals surface area contributed by atoms with Gasteiger partial charge >= 0.3 is 0 Å². The number of benzene rings is 1. The SMILES string of the molecule is CC(=O)Nc1cccc(Nc2cnc(C(=O)N3CCC(C)CC3)cn2)c1. The first-order valence-corrected chi connectivity index (χ1v) is 8.77. The molecule has 2 heterocycles. The molecule has 1 fully saturated rings. The topological polar surface area (TPSA) is 87.2 Å². The lowest BCUT2D eigenvalue weighted by Crippen LogP contribution is -2.38. The summed E-state index contributed by atoms with van der Waals surface area (Å²) in [4.78, 5) is 34.0. The van der Waals surface area contributed by atoms with Gasteiger partial charge in [0.25, 0.3) is 5.91 Å². The molecule has 1 saturated heterocycles. The van der Waals surface area contributed by atoms with Crippen LogP contribution in [0.15, 0.2) is 36.7 Å². The van der Waals surface area contributed by atoms with Crippen molar-refractivity contribution < 1.29 is 9.59 Å². The molecule has 0 radical (unpaired) electrons. The second-order valence-corrected chi connectivity index (χ2v) is 6.65. The fourth-order valence-electron chi connectivity index (χ4n) is 2.90. The Bertz CT molecular complexity index is 783. The quantitative estimate of drug-likeness (QED) is 0.882. The van der Waals surface area contributed by atoms with Crippen LogP contribution in [0.1, 0.15) is 37.2 Å². The maximum atomic E-state index is 12.5. The summed E-state index contributed by atoms with van der Waals surface area (Å²) in [6.45, 7) is 5.22. The lowest BCUT2D eigenvalue weighted by molar-refractivity contribution is -0.114. The van der Waals surface area contributed by atoms with Gasteiger partial charge in [-0.2, -0.15) is 0 Å². The van der Waals surface area contributed by atoms with Crippen molar-refractivity contribution in [2.45, 2.75) is 26.7 Å². The highest BCUT2D eigenvalue weighted by Crippen LogP contribution is 2.20. The molecule has 0 unspecified atom stereocenters. The smallest absolute Gasteiger partial charge is 0.274 e. The fraction of sp³-hybridized carbons (Fsp3) is 0.368. The standard InChI is InChI=1S/C19H23N5O2/c1-13-6-8-24(9-7-13)19(26)17-11-21-18(12-20-17)23-16-5-3-4-15(10-16)22-14(2)25/h3-5,10-13H,6-9H2,1-2H3,(H,21,23)(H,22,25). The molecule has 1 aliphatic rings. The number of hydrogen-bond donors (Lipinski definition) is 2. The zero-order chi connectivity index (χ0) is 18.5. The molecule has 26 heavy (non-hydrogen) atoms. The highest BCUT2D eigenvalue weighted by atomic mass is 16.2. The number of carbonyl (C=O) groups is 2. The molecule has 1 aromatic heterocycles. The van der Waals surface area contributed by atoms with Crippen LogP contribution in [0.3, 0.4) is 0 Å². The Kier molecular flexibility index (Phi) is 5.46. The van der Waals surface area contributed by atoms with Crippen molar-refractivity contribution in [3.05, 3.63) is 42.4 Å². The molecule has 0 aliphatic carbocycles. The number of piperidine rings is 1. The molecule has 2 aromatic rings. The Hall–Kier alpha value is -2.96. The molecule has 0 bridgehead atoms. The average molecular weight is 353 g/mol. The van der Waals surface area contributed by atoms with Crippen LogP contribution in [0.2, 0.25) is 0 Å². The van der Waals surface area contributed by atoms with E-state index in [0.717, 1.165) is 31.6 Å². The zero-order valence-corrected chi connectivity index (χ0v) is 15.0. The van der Waals surface area contributed by atoms with E-state index >= 15 is 0 Å². The molecule has 2 N–H and O–H groups in total. The summed E-state index contributed by atoms with van der Waals surface area (Å²) in [7, 11) is 0. The van der Waals surface area contributed by atoms with Crippen LogP contribution in [0.25, 0.3) is 0 Å². The highest BCUT2D eigenvalue weighted by Gasteiger charge is 2.22. The number of likely N-dealkylation sites (tertiary alicyclic amines) is 1. The molecule has 0 spiro atoms. The number of nitrogens with zero attached hydrogens (tertiary/aromatic N) is 3. The first-order chi connectivity index (χ1) is 12.5. The van der Waals surface area contributed by atoms with Crippen molar-refractivity contribution in [1.29, 1.82) is 0 Å². The van der Waals surface area contributed by atoms with Gasteiger partial charge in [-0.15, -0.1) is 0 Å². The number of rotatable bonds is 4. The normalized spacial score (nSPS) is 14.8. The minimum Gasteiger partial charge on any atom is -0.339 e. The molecule has 0 saturated carbocycles. The van der Waals surface area contributed by atoms with E-state index < -0.39 is 0 Å². The second kappa shape index (κ2) is 7.95. The van der Waals surface area contributed by atoms with E-state index in [4.69, 9.17) is 0 Å². The van der Waals surface area contributed by atoms with Crippen LogP contribution in [0, 0.1) is 5.92 Å². The van der Waals surface area contributed by atoms with E-state index in [-0.39, 0.29) is 11.8 Å². The fourth-order valence-corrected chi connectivity index (χ4v) is 2.90. The third-order valence-electron chi connectivity index (χ3n) is 4.40. The van der Waals surface area contributed by atoms with Crippen LogP contribution >= 0.6 is 0 Å². The van der Waals surface area contributed by atoms with Crippen molar-refractivity contribution in [1.82, 2.24) is 14.9 Å². The zero-order valence-electron chi connectivity index (χ0n) is 15.0. The summed E-state index contributed by atoms with van der Waals surface area (Å²) in [5.74, 6) is 1.01. The molecule has 136 valence electrons. The summed E-state index contributed by atoms with van der Waals surface area (Å²) < 4.78 is 0. The maximum absolute atomic E-state index is 12.5. The predicted molar refractivity (Wildman–Crippen MR) is 100 cm³/mol. The van der Waals surface area contributed by atoms with Crippen LogP contribution < -0.4 is 10.6 Å². The van der Waals surface area contributed by atoms with Crippen molar-refractivity contribution in [3.8, 4) is 0 Å². The molecule has 1 aromatic carbocycles.